The third-order valence-corrected chi connectivity index (χ3v) is 3.18. The number of likely N-dealkylation sites (N-methyl/N-ethyl adjacent to an activating group) is 2. The van der Waals surface area contributed by atoms with E-state index < -0.39 is 0 Å². The Labute approximate surface area is 92.3 Å². The normalized spacial score (nSPS) is 14.6. The van der Waals surface area contributed by atoms with Crippen molar-refractivity contribution in [2.75, 3.05) is 21.1 Å². The van der Waals surface area contributed by atoms with E-state index in [0.717, 1.165) is 5.69 Å². The highest BCUT2D eigenvalue weighted by Gasteiger charge is 2.33. The number of aromatic nitrogens is 2. The van der Waals surface area contributed by atoms with Crippen LogP contribution in [0, 0.1) is 0 Å². The van der Waals surface area contributed by atoms with Crippen molar-refractivity contribution in [3.8, 4) is 0 Å². The Morgan fingerprint density at radius 2 is 2.07 bits per heavy atom. The minimum absolute atomic E-state index is 0.0309. The quantitative estimate of drug-likeness (QED) is 0.805. The smallest absolute Gasteiger partial charge is 0.0812 e. The number of aryl methyl sites for hydroxylation is 1. The van der Waals surface area contributed by atoms with Crippen molar-refractivity contribution in [1.82, 2.24) is 20.0 Å². The molecule has 1 unspecified atom stereocenters. The molecule has 0 bridgehead atoms. The third kappa shape index (κ3) is 2.38. The molecule has 0 aromatic carbocycles. The first kappa shape index (κ1) is 12.2. The van der Waals surface area contributed by atoms with E-state index in [0.29, 0.717) is 0 Å². The van der Waals surface area contributed by atoms with E-state index >= 15 is 0 Å². The van der Waals surface area contributed by atoms with Gasteiger partial charge < -0.3 is 10.2 Å². The van der Waals surface area contributed by atoms with Crippen molar-refractivity contribution >= 4 is 0 Å². The fourth-order valence-electron chi connectivity index (χ4n) is 1.71. The van der Waals surface area contributed by atoms with Crippen LogP contribution in [-0.2, 0) is 7.05 Å². The van der Waals surface area contributed by atoms with E-state index in [1.54, 1.807) is 0 Å². The Bertz CT molecular complexity index is 314. The molecule has 1 aromatic heterocycles. The molecule has 4 heteroatoms. The Morgan fingerprint density at radius 1 is 1.47 bits per heavy atom. The van der Waals surface area contributed by atoms with Crippen molar-refractivity contribution in [1.29, 1.82) is 0 Å². The first-order valence-corrected chi connectivity index (χ1v) is 5.24. The number of hydrogen-bond donors (Lipinski definition) is 1. The number of nitrogens with one attached hydrogen (secondary N) is 1. The Balaban J connectivity index is 2.98. The molecule has 1 heterocycles. The van der Waals surface area contributed by atoms with Gasteiger partial charge in [0.1, 0.15) is 0 Å². The monoisotopic (exact) mass is 210 g/mol. The minimum Gasteiger partial charge on any atom is -0.310 e. The summed E-state index contributed by atoms with van der Waals surface area (Å²) in [6.45, 7) is 4.42. The van der Waals surface area contributed by atoms with Gasteiger partial charge in [0.05, 0.1) is 11.7 Å². The maximum absolute atomic E-state index is 4.46. The maximum Gasteiger partial charge on any atom is 0.0812 e. The molecular weight excluding hydrogens is 188 g/mol. The predicted molar refractivity (Wildman–Crippen MR) is 62.8 cm³/mol. The summed E-state index contributed by atoms with van der Waals surface area (Å²) >= 11 is 0. The number of hydrogen-bond acceptors (Lipinski definition) is 3. The van der Waals surface area contributed by atoms with Crippen LogP contribution in [-0.4, -0.2) is 41.4 Å². The lowest BCUT2D eigenvalue weighted by molar-refractivity contribution is 0.140. The van der Waals surface area contributed by atoms with Crippen LogP contribution < -0.4 is 5.32 Å². The molecule has 0 saturated heterocycles. The van der Waals surface area contributed by atoms with Crippen molar-refractivity contribution in [2.45, 2.75) is 25.4 Å². The predicted octanol–water partition coefficient (Wildman–Crippen LogP) is 1.02. The van der Waals surface area contributed by atoms with Crippen LogP contribution in [0.1, 0.15) is 25.6 Å². The van der Waals surface area contributed by atoms with Crippen LogP contribution in [0.2, 0.25) is 0 Å². The SMILES string of the molecule is CNC(c1ccn(C)n1)C(C)(C)N(C)C. The summed E-state index contributed by atoms with van der Waals surface area (Å²) in [5, 5.41) is 7.79. The van der Waals surface area contributed by atoms with Gasteiger partial charge in [-0.05, 0) is 41.1 Å². The Hall–Kier alpha value is -0.870. The van der Waals surface area contributed by atoms with E-state index in [-0.39, 0.29) is 11.6 Å². The van der Waals surface area contributed by atoms with Crippen LogP contribution in [0.4, 0.5) is 0 Å². The van der Waals surface area contributed by atoms with Crippen LogP contribution in [0.15, 0.2) is 12.3 Å². The molecule has 0 saturated carbocycles. The van der Waals surface area contributed by atoms with Gasteiger partial charge in [0, 0.05) is 18.8 Å². The Morgan fingerprint density at radius 3 is 2.40 bits per heavy atom. The van der Waals surface area contributed by atoms with E-state index in [1.165, 1.54) is 0 Å². The molecule has 86 valence electrons. The van der Waals surface area contributed by atoms with E-state index in [1.807, 2.05) is 25.0 Å². The van der Waals surface area contributed by atoms with E-state index in [4.69, 9.17) is 0 Å². The third-order valence-electron chi connectivity index (χ3n) is 3.18. The highest BCUT2D eigenvalue weighted by Crippen LogP contribution is 2.27. The average Bonchev–Trinajstić information content (AvgIpc) is 2.52. The molecule has 0 aliphatic carbocycles. The van der Waals surface area contributed by atoms with Gasteiger partial charge in [0.25, 0.3) is 0 Å². The van der Waals surface area contributed by atoms with Crippen molar-refractivity contribution < 1.29 is 0 Å². The van der Waals surface area contributed by atoms with Crippen molar-refractivity contribution in [3.05, 3.63) is 18.0 Å². The standard InChI is InChI=1S/C11H22N4/c1-11(2,14(4)5)10(12-3)9-7-8-15(6)13-9/h7-8,10,12H,1-6H3. The average molecular weight is 210 g/mol. The summed E-state index contributed by atoms with van der Waals surface area (Å²) in [5.41, 5.74) is 1.11. The summed E-state index contributed by atoms with van der Waals surface area (Å²) in [6, 6.07) is 2.29. The van der Waals surface area contributed by atoms with Crippen LogP contribution >= 0.6 is 0 Å². The zero-order valence-corrected chi connectivity index (χ0v) is 10.6. The molecule has 0 aliphatic rings. The molecule has 15 heavy (non-hydrogen) atoms. The number of nitrogens with zero attached hydrogens (tertiary/aromatic N) is 3. The maximum atomic E-state index is 4.46. The first-order chi connectivity index (χ1) is 6.89. The molecule has 1 aromatic rings. The highest BCUT2D eigenvalue weighted by atomic mass is 15.3. The minimum atomic E-state index is 0.0309. The molecular formula is C11H22N4. The summed E-state index contributed by atoms with van der Waals surface area (Å²) in [4.78, 5) is 2.21. The molecule has 1 atom stereocenters. The van der Waals surface area contributed by atoms with E-state index in [9.17, 15) is 0 Å². The second kappa shape index (κ2) is 4.33. The zero-order chi connectivity index (χ0) is 11.6. The van der Waals surface area contributed by atoms with Gasteiger partial charge in [-0.1, -0.05) is 0 Å². The summed E-state index contributed by atoms with van der Waals surface area (Å²) in [7, 11) is 8.10. The van der Waals surface area contributed by atoms with Crippen LogP contribution in [0.25, 0.3) is 0 Å². The van der Waals surface area contributed by atoms with Gasteiger partial charge in [0.15, 0.2) is 0 Å². The lowest BCUT2D eigenvalue weighted by Gasteiger charge is -2.39. The number of rotatable bonds is 4. The molecule has 0 radical (unpaired) electrons. The van der Waals surface area contributed by atoms with Gasteiger partial charge in [0.2, 0.25) is 0 Å². The second-order valence-electron chi connectivity index (χ2n) is 4.68. The summed E-state index contributed by atoms with van der Waals surface area (Å²) in [5.74, 6) is 0. The zero-order valence-electron chi connectivity index (χ0n) is 10.6. The van der Waals surface area contributed by atoms with Crippen LogP contribution in [0.5, 0.6) is 0 Å². The van der Waals surface area contributed by atoms with Gasteiger partial charge in [-0.3, -0.25) is 4.68 Å². The molecule has 4 nitrogen and oxygen atoms in total. The molecule has 1 rings (SSSR count). The first-order valence-electron chi connectivity index (χ1n) is 5.24. The van der Waals surface area contributed by atoms with Gasteiger partial charge in [-0.15, -0.1) is 0 Å². The second-order valence-corrected chi connectivity index (χ2v) is 4.68. The van der Waals surface area contributed by atoms with Gasteiger partial charge in [-0.2, -0.15) is 5.10 Å². The lowest BCUT2D eigenvalue weighted by Crippen LogP contribution is -2.48. The van der Waals surface area contributed by atoms with Gasteiger partial charge in [-0.25, -0.2) is 0 Å². The topological polar surface area (TPSA) is 33.1 Å². The highest BCUT2D eigenvalue weighted by molar-refractivity contribution is 5.12. The summed E-state index contributed by atoms with van der Waals surface area (Å²) in [6.07, 6.45) is 1.98. The molecule has 1 N–H and O–H groups in total. The largest absolute Gasteiger partial charge is 0.310 e. The molecule has 0 aliphatic heterocycles. The molecule has 0 fully saturated rings. The molecule has 0 spiro atoms. The van der Waals surface area contributed by atoms with Crippen molar-refractivity contribution in [3.63, 3.8) is 0 Å². The van der Waals surface area contributed by atoms with Gasteiger partial charge >= 0.3 is 0 Å². The lowest BCUT2D eigenvalue weighted by atomic mass is 9.91. The summed E-state index contributed by atoms with van der Waals surface area (Å²) < 4.78 is 1.84. The fraction of sp³-hybridized carbons (Fsp3) is 0.727. The van der Waals surface area contributed by atoms with E-state index in [2.05, 4.69) is 49.3 Å². The van der Waals surface area contributed by atoms with Crippen molar-refractivity contribution in [2.24, 2.45) is 7.05 Å². The van der Waals surface area contributed by atoms with Crippen LogP contribution in [0.3, 0.4) is 0 Å². The Kier molecular flexibility index (Phi) is 3.52. The fourth-order valence-corrected chi connectivity index (χ4v) is 1.71. The molecule has 0 amide bonds.